The highest BCUT2D eigenvalue weighted by atomic mass is 32.2. The molecule has 28 heavy (non-hydrogen) atoms. The topological polar surface area (TPSA) is 107 Å². The van der Waals surface area contributed by atoms with Crippen molar-refractivity contribution in [2.75, 3.05) is 18.0 Å². The molecule has 0 N–H and O–H groups in total. The number of hydrogen-bond donors (Lipinski definition) is 0. The van der Waals surface area contributed by atoms with E-state index in [0.717, 1.165) is 16.4 Å². The third-order valence-electron chi connectivity index (χ3n) is 4.25. The number of Topliss-reactive ketones (excluding diaryl/α,β-unsaturated/α-hetero) is 1. The Hall–Kier alpha value is -2.78. The number of benzene rings is 2. The number of rotatable bonds is 8. The summed E-state index contributed by atoms with van der Waals surface area (Å²) in [6.45, 7) is 4.86. The second-order valence-corrected chi connectivity index (χ2v) is 8.20. The number of hydrogen-bond acceptors (Lipinski definition) is 6. The molecule has 0 heterocycles. The quantitative estimate of drug-likeness (QED) is 0.378. The second-order valence-electron chi connectivity index (χ2n) is 6.38. The van der Waals surface area contributed by atoms with Gasteiger partial charge in [0.2, 0.25) is 0 Å². The Kier molecular flexibility index (Phi) is 6.52. The summed E-state index contributed by atoms with van der Waals surface area (Å²) in [5.74, 6) is -0.271. The van der Waals surface area contributed by atoms with Gasteiger partial charge >= 0.3 is 0 Å². The minimum Gasteiger partial charge on any atom is -0.383 e. The molecule has 9 heteroatoms. The number of ketones is 1. The van der Waals surface area contributed by atoms with Crippen molar-refractivity contribution < 1.29 is 22.9 Å². The van der Waals surface area contributed by atoms with Crippen molar-refractivity contribution in [2.45, 2.75) is 31.7 Å². The van der Waals surface area contributed by atoms with Crippen LogP contribution >= 0.6 is 0 Å². The normalized spacial score (nSPS) is 12.4. The van der Waals surface area contributed by atoms with Gasteiger partial charge in [0, 0.05) is 24.8 Å². The van der Waals surface area contributed by atoms with E-state index in [2.05, 4.69) is 0 Å². The van der Waals surface area contributed by atoms with E-state index in [9.17, 15) is 23.3 Å². The van der Waals surface area contributed by atoms with Gasteiger partial charge in [-0.15, -0.1) is 0 Å². The number of methoxy groups -OCH3 is 1. The predicted octanol–water partition coefficient (Wildman–Crippen LogP) is 3.34. The number of nitrogens with zero attached hydrogens (tertiary/aromatic N) is 2. The highest BCUT2D eigenvalue weighted by Gasteiger charge is 2.33. The van der Waals surface area contributed by atoms with Gasteiger partial charge in [0.1, 0.15) is 0 Å². The number of sulfonamides is 1. The van der Waals surface area contributed by atoms with Crippen LogP contribution < -0.4 is 4.31 Å². The van der Waals surface area contributed by atoms with Gasteiger partial charge in [-0.3, -0.25) is 19.2 Å². The lowest BCUT2D eigenvalue weighted by molar-refractivity contribution is -0.384. The molecule has 0 radical (unpaired) electrons. The number of ether oxygens (including phenoxy) is 1. The standard InChI is InChI=1S/C19H22N2O6S/c1-13-6-5-7-18(15(3)22)19(13)20(14(2)12-27-4)28(25,26)17-10-8-16(9-11-17)21(23)24/h5-11,14H,12H2,1-4H3. The lowest BCUT2D eigenvalue weighted by atomic mass is 10.0. The van der Waals surface area contributed by atoms with Gasteiger partial charge < -0.3 is 4.74 Å². The van der Waals surface area contributed by atoms with Gasteiger partial charge in [-0.1, -0.05) is 12.1 Å². The van der Waals surface area contributed by atoms with Crippen LogP contribution in [-0.4, -0.2) is 38.9 Å². The highest BCUT2D eigenvalue weighted by Crippen LogP contribution is 2.33. The van der Waals surface area contributed by atoms with Crippen LogP contribution in [0.4, 0.5) is 11.4 Å². The summed E-state index contributed by atoms with van der Waals surface area (Å²) in [6, 6.07) is 9.00. The highest BCUT2D eigenvalue weighted by molar-refractivity contribution is 7.92. The molecule has 2 rings (SSSR count). The summed E-state index contributed by atoms with van der Waals surface area (Å²) < 4.78 is 33.2. The third kappa shape index (κ3) is 4.20. The summed E-state index contributed by atoms with van der Waals surface area (Å²) >= 11 is 0. The summed E-state index contributed by atoms with van der Waals surface area (Å²) in [6.07, 6.45) is 0. The Bertz CT molecular complexity index is 986. The summed E-state index contributed by atoms with van der Waals surface area (Å²) in [7, 11) is -2.66. The molecule has 0 amide bonds. The molecule has 1 atom stereocenters. The van der Waals surface area contributed by atoms with Crippen molar-refractivity contribution in [1.29, 1.82) is 0 Å². The molecular weight excluding hydrogens is 384 g/mol. The maximum Gasteiger partial charge on any atom is 0.269 e. The minimum absolute atomic E-state index is 0.0951. The lowest BCUT2D eigenvalue weighted by Gasteiger charge is -2.32. The van der Waals surface area contributed by atoms with Gasteiger partial charge in [-0.2, -0.15) is 0 Å². The molecule has 150 valence electrons. The van der Waals surface area contributed by atoms with E-state index in [-0.39, 0.29) is 34.2 Å². The van der Waals surface area contributed by atoms with Gasteiger partial charge in [0.25, 0.3) is 15.7 Å². The Morgan fingerprint density at radius 3 is 2.32 bits per heavy atom. The van der Waals surface area contributed by atoms with E-state index in [4.69, 9.17) is 4.74 Å². The first-order chi connectivity index (χ1) is 13.1. The van der Waals surface area contributed by atoms with Gasteiger partial charge in [-0.05, 0) is 44.5 Å². The number of nitro groups is 1. The average molecular weight is 406 g/mol. The number of aryl methyl sites for hydroxylation is 1. The smallest absolute Gasteiger partial charge is 0.269 e. The van der Waals surface area contributed by atoms with Crippen LogP contribution in [0.2, 0.25) is 0 Å². The zero-order valence-corrected chi connectivity index (χ0v) is 16.9. The number of anilines is 1. The SMILES string of the molecule is COCC(C)N(c1c(C)cccc1C(C)=O)S(=O)(=O)c1ccc([N+](=O)[O-])cc1. The summed E-state index contributed by atoms with van der Waals surface area (Å²) in [5.41, 5.74) is 0.947. The van der Waals surface area contributed by atoms with Gasteiger partial charge in [0.05, 0.1) is 28.2 Å². The lowest BCUT2D eigenvalue weighted by Crippen LogP contribution is -2.42. The molecule has 0 saturated carbocycles. The van der Waals surface area contributed by atoms with E-state index in [1.54, 1.807) is 32.0 Å². The van der Waals surface area contributed by atoms with E-state index in [1.165, 1.54) is 26.2 Å². The fraction of sp³-hybridized carbons (Fsp3) is 0.316. The van der Waals surface area contributed by atoms with Crippen molar-refractivity contribution in [2.24, 2.45) is 0 Å². The first-order valence-electron chi connectivity index (χ1n) is 8.49. The number of nitro benzene ring substituents is 1. The van der Waals surface area contributed by atoms with Crippen LogP contribution in [0.5, 0.6) is 0 Å². The monoisotopic (exact) mass is 406 g/mol. The molecule has 0 fully saturated rings. The fourth-order valence-electron chi connectivity index (χ4n) is 2.98. The van der Waals surface area contributed by atoms with Crippen LogP contribution in [0, 0.1) is 17.0 Å². The van der Waals surface area contributed by atoms with Crippen LogP contribution in [-0.2, 0) is 14.8 Å². The summed E-state index contributed by atoms with van der Waals surface area (Å²) in [4.78, 5) is 22.3. The molecule has 0 aliphatic heterocycles. The molecule has 0 saturated heterocycles. The maximum atomic E-state index is 13.4. The first-order valence-corrected chi connectivity index (χ1v) is 9.93. The second kappa shape index (κ2) is 8.49. The molecule has 0 bridgehead atoms. The Morgan fingerprint density at radius 1 is 1.21 bits per heavy atom. The Balaban J connectivity index is 2.71. The van der Waals surface area contributed by atoms with Crippen LogP contribution in [0.1, 0.15) is 29.8 Å². The number of non-ortho nitro benzene ring substituents is 1. The van der Waals surface area contributed by atoms with Crippen LogP contribution in [0.15, 0.2) is 47.4 Å². The average Bonchev–Trinajstić information content (AvgIpc) is 2.63. The van der Waals surface area contributed by atoms with E-state index in [0.29, 0.717) is 5.56 Å². The van der Waals surface area contributed by atoms with Crippen LogP contribution in [0.25, 0.3) is 0 Å². The Labute approximate surface area is 163 Å². The van der Waals surface area contributed by atoms with E-state index < -0.39 is 21.0 Å². The predicted molar refractivity (Wildman–Crippen MR) is 105 cm³/mol. The number of carbonyl (C=O) groups is 1. The molecular formula is C19H22N2O6S. The van der Waals surface area contributed by atoms with E-state index in [1.807, 2.05) is 0 Å². The molecule has 0 aliphatic carbocycles. The Morgan fingerprint density at radius 2 is 1.82 bits per heavy atom. The third-order valence-corrected chi connectivity index (χ3v) is 6.18. The molecule has 2 aromatic rings. The number of para-hydroxylation sites is 1. The maximum absolute atomic E-state index is 13.4. The summed E-state index contributed by atoms with van der Waals surface area (Å²) in [5, 5.41) is 10.9. The zero-order chi connectivity index (χ0) is 21.1. The van der Waals surface area contributed by atoms with Gasteiger partial charge in [0.15, 0.2) is 5.78 Å². The van der Waals surface area contributed by atoms with Crippen molar-refractivity contribution in [1.82, 2.24) is 0 Å². The van der Waals surface area contributed by atoms with Crippen LogP contribution in [0.3, 0.4) is 0 Å². The molecule has 0 aromatic heterocycles. The molecule has 8 nitrogen and oxygen atoms in total. The van der Waals surface area contributed by atoms with Gasteiger partial charge in [-0.25, -0.2) is 8.42 Å². The largest absolute Gasteiger partial charge is 0.383 e. The fourth-order valence-corrected chi connectivity index (χ4v) is 4.70. The van der Waals surface area contributed by atoms with Crippen molar-refractivity contribution in [3.63, 3.8) is 0 Å². The van der Waals surface area contributed by atoms with Crippen molar-refractivity contribution >= 4 is 27.2 Å². The molecule has 2 aromatic carbocycles. The minimum atomic E-state index is -4.12. The molecule has 1 unspecified atom stereocenters. The first kappa shape index (κ1) is 21.5. The van der Waals surface area contributed by atoms with Crippen molar-refractivity contribution in [3.05, 3.63) is 63.7 Å². The molecule has 0 aliphatic rings. The zero-order valence-electron chi connectivity index (χ0n) is 16.1. The number of carbonyl (C=O) groups excluding carboxylic acids is 1. The molecule has 0 spiro atoms. The van der Waals surface area contributed by atoms with E-state index >= 15 is 0 Å². The van der Waals surface area contributed by atoms with Crippen molar-refractivity contribution in [3.8, 4) is 0 Å².